The zero-order valence-electron chi connectivity index (χ0n) is 19.2. The summed E-state index contributed by atoms with van der Waals surface area (Å²) in [5, 5.41) is 6.71. The van der Waals surface area contributed by atoms with Crippen molar-refractivity contribution in [3.63, 3.8) is 0 Å². The van der Waals surface area contributed by atoms with Crippen LogP contribution >= 0.6 is 0 Å². The van der Waals surface area contributed by atoms with E-state index >= 15 is 0 Å². The molecule has 1 saturated heterocycles. The van der Waals surface area contributed by atoms with E-state index in [4.69, 9.17) is 0 Å². The molecule has 0 radical (unpaired) electrons. The van der Waals surface area contributed by atoms with Gasteiger partial charge in [-0.3, -0.25) is 4.79 Å². The van der Waals surface area contributed by atoms with Crippen LogP contribution in [0.5, 0.6) is 0 Å². The molecule has 7 nitrogen and oxygen atoms in total. The van der Waals surface area contributed by atoms with Crippen LogP contribution in [0.3, 0.4) is 0 Å². The fourth-order valence-corrected chi connectivity index (χ4v) is 3.71. The Balaban J connectivity index is 2.85. The lowest BCUT2D eigenvalue weighted by atomic mass is 10.1. The van der Waals surface area contributed by atoms with Crippen LogP contribution in [-0.4, -0.2) is 139 Å². The molecule has 0 aromatic heterocycles. The third-order valence-electron chi connectivity index (χ3n) is 5.84. The van der Waals surface area contributed by atoms with Crippen molar-refractivity contribution in [3.05, 3.63) is 0 Å². The number of rotatable bonds is 9. The molecule has 0 aromatic carbocycles. The van der Waals surface area contributed by atoms with Gasteiger partial charge >= 0.3 is 0 Å². The Labute approximate surface area is 175 Å². The molecule has 9 heteroatoms. The minimum Gasteiger partial charge on any atom is -0.339 e. The number of nitrogens with zero attached hydrogens (tertiary/aromatic N) is 4. The fraction of sp³-hybridized carbons (Fsp3) is 0.947. The monoisotopic (exact) mass is 394 g/mol. The summed E-state index contributed by atoms with van der Waals surface area (Å²) in [7, 11) is 4.15. The summed E-state index contributed by atoms with van der Waals surface area (Å²) >= 11 is 0. The molecule has 1 amide bonds. The van der Waals surface area contributed by atoms with Gasteiger partial charge in [0.15, 0.2) is 0 Å². The first kappa shape index (κ1) is 25.4. The van der Waals surface area contributed by atoms with Gasteiger partial charge in [0.1, 0.15) is 15.7 Å². The normalized spacial score (nSPS) is 20.5. The van der Waals surface area contributed by atoms with E-state index in [1.165, 1.54) is 0 Å². The number of hydrogen-bond donors (Lipinski definition) is 2. The summed E-state index contributed by atoms with van der Waals surface area (Å²) in [6.45, 7) is 18.5. The van der Waals surface area contributed by atoms with Crippen LogP contribution in [0.15, 0.2) is 0 Å². The van der Waals surface area contributed by atoms with Crippen molar-refractivity contribution in [2.45, 2.75) is 26.8 Å². The van der Waals surface area contributed by atoms with E-state index in [9.17, 15) is 4.79 Å². The lowest BCUT2D eigenvalue weighted by Crippen LogP contribution is -2.55. The molecule has 1 atom stereocenters. The number of likely N-dealkylation sites (N-methyl/N-ethyl adjacent to an activating group) is 3. The minimum atomic E-state index is -0.140. The smallest absolute Gasteiger partial charge is 0.241 e. The lowest BCUT2D eigenvalue weighted by molar-refractivity contribution is -0.133. The zero-order valence-corrected chi connectivity index (χ0v) is 19.2. The van der Waals surface area contributed by atoms with Gasteiger partial charge in [0, 0.05) is 58.9 Å². The summed E-state index contributed by atoms with van der Waals surface area (Å²) in [5.41, 5.74) is 0. The highest BCUT2D eigenvalue weighted by molar-refractivity contribution is 6.09. The molecule has 1 heterocycles. The highest BCUT2D eigenvalue weighted by atomic mass is 16.2. The van der Waals surface area contributed by atoms with E-state index < -0.39 is 0 Å². The van der Waals surface area contributed by atoms with Crippen LogP contribution in [0.25, 0.3) is 0 Å². The summed E-state index contributed by atoms with van der Waals surface area (Å²) < 4.78 is 0. The highest BCUT2D eigenvalue weighted by Crippen LogP contribution is 2.03. The van der Waals surface area contributed by atoms with E-state index in [0.29, 0.717) is 6.54 Å². The Morgan fingerprint density at radius 2 is 1.21 bits per heavy atom. The van der Waals surface area contributed by atoms with Gasteiger partial charge in [-0.25, -0.2) is 0 Å². The Bertz CT molecular complexity index is 398. The number of carbonyl (C=O) groups excluding carboxylic acids is 1. The second kappa shape index (κ2) is 15.3. The van der Waals surface area contributed by atoms with Gasteiger partial charge in [0.2, 0.25) is 5.91 Å². The highest BCUT2D eigenvalue weighted by Gasteiger charge is 2.24. The van der Waals surface area contributed by atoms with Crippen molar-refractivity contribution in [1.29, 1.82) is 0 Å². The molecule has 0 aromatic rings. The van der Waals surface area contributed by atoms with Crippen LogP contribution in [-0.2, 0) is 4.79 Å². The first-order chi connectivity index (χ1) is 13.6. The zero-order chi connectivity index (χ0) is 20.8. The summed E-state index contributed by atoms with van der Waals surface area (Å²) in [5.74, 6) is 0.238. The van der Waals surface area contributed by atoms with E-state index in [-0.39, 0.29) is 11.9 Å². The molecule has 1 aliphatic heterocycles. The Morgan fingerprint density at radius 1 is 0.786 bits per heavy atom. The molecule has 0 aliphatic carbocycles. The summed E-state index contributed by atoms with van der Waals surface area (Å²) in [6, 6.07) is -0.140. The maximum Gasteiger partial charge on any atom is 0.241 e. The molecule has 1 fully saturated rings. The average molecular weight is 394 g/mol. The third-order valence-corrected chi connectivity index (χ3v) is 5.84. The predicted octanol–water partition coefficient (Wildman–Crippen LogP) is -2.48. The molecule has 0 spiro atoms. The van der Waals surface area contributed by atoms with Crippen molar-refractivity contribution in [1.82, 2.24) is 30.2 Å². The second-order valence-electron chi connectivity index (χ2n) is 7.55. The van der Waals surface area contributed by atoms with Crippen molar-refractivity contribution in [2.75, 3.05) is 91.4 Å². The summed E-state index contributed by atoms with van der Waals surface area (Å²) in [4.78, 5) is 22.9. The quantitative estimate of drug-likeness (QED) is 0.423. The average Bonchev–Trinajstić information content (AvgIpc) is 2.71. The first-order valence-corrected chi connectivity index (χ1v) is 11.5. The van der Waals surface area contributed by atoms with E-state index in [1.807, 2.05) is 0 Å². The molecular formula is C19H44B2N6O. The van der Waals surface area contributed by atoms with Gasteiger partial charge in [-0.1, -0.05) is 20.8 Å². The molecule has 0 bridgehead atoms. The standard InChI is InChI=1S/C19H44B2N6O/c1-4-24-7-9-25(5-2)11-13-27(14-12-26(6-3)10-8-24)19(28)18(23-17-21)15-22-16-20/h18,22-23H,4-17,20-21H2,1-3H3. The minimum absolute atomic E-state index is 0.140. The van der Waals surface area contributed by atoms with Crippen LogP contribution in [0.1, 0.15) is 20.8 Å². The van der Waals surface area contributed by atoms with Crippen LogP contribution < -0.4 is 10.6 Å². The number of carbonyl (C=O) groups is 1. The maximum absolute atomic E-state index is 13.3. The Hall–Kier alpha value is -0.600. The SMILES string of the molecule is BCNCC(NCB)C(=O)N1CCN(CC)CCN(CC)CCN(CC)CC1. The lowest BCUT2D eigenvalue weighted by Gasteiger charge is -2.35. The van der Waals surface area contributed by atoms with Gasteiger partial charge in [-0.15, -0.1) is 0 Å². The van der Waals surface area contributed by atoms with Crippen LogP contribution in [0.2, 0.25) is 0 Å². The van der Waals surface area contributed by atoms with Gasteiger partial charge in [-0.05, 0) is 32.5 Å². The van der Waals surface area contributed by atoms with Crippen LogP contribution in [0, 0.1) is 0 Å². The van der Waals surface area contributed by atoms with E-state index in [1.54, 1.807) is 0 Å². The molecule has 1 unspecified atom stereocenters. The molecule has 0 saturated carbocycles. The second-order valence-corrected chi connectivity index (χ2v) is 7.55. The Kier molecular flexibility index (Phi) is 13.9. The van der Waals surface area contributed by atoms with Crippen molar-refractivity contribution < 1.29 is 4.79 Å². The molecule has 162 valence electrons. The predicted molar refractivity (Wildman–Crippen MR) is 125 cm³/mol. The van der Waals surface area contributed by atoms with Crippen molar-refractivity contribution in [2.24, 2.45) is 0 Å². The third kappa shape index (κ3) is 9.27. The number of amides is 1. The first-order valence-electron chi connectivity index (χ1n) is 11.5. The molecule has 2 N–H and O–H groups in total. The number of nitrogens with one attached hydrogen (secondary N) is 2. The maximum atomic E-state index is 13.3. The largest absolute Gasteiger partial charge is 0.339 e. The molecule has 1 rings (SSSR count). The van der Waals surface area contributed by atoms with Gasteiger partial charge < -0.3 is 30.2 Å². The number of hydrogen-bond acceptors (Lipinski definition) is 6. The van der Waals surface area contributed by atoms with Gasteiger partial charge in [0.25, 0.3) is 0 Å². The van der Waals surface area contributed by atoms with Crippen molar-refractivity contribution >= 4 is 21.6 Å². The van der Waals surface area contributed by atoms with Crippen LogP contribution in [0.4, 0.5) is 0 Å². The van der Waals surface area contributed by atoms with Crippen molar-refractivity contribution in [3.8, 4) is 0 Å². The topological polar surface area (TPSA) is 54.1 Å². The molecule has 1 aliphatic rings. The molecular weight excluding hydrogens is 350 g/mol. The van der Waals surface area contributed by atoms with Gasteiger partial charge in [0.05, 0.1) is 6.04 Å². The summed E-state index contributed by atoms with van der Waals surface area (Å²) in [6.07, 6.45) is 1.70. The molecule has 28 heavy (non-hydrogen) atoms. The van der Waals surface area contributed by atoms with E-state index in [2.05, 4.69) is 66.7 Å². The van der Waals surface area contributed by atoms with Gasteiger partial charge in [-0.2, -0.15) is 0 Å². The fourth-order valence-electron chi connectivity index (χ4n) is 3.71. The Morgan fingerprint density at radius 3 is 1.57 bits per heavy atom. The van der Waals surface area contributed by atoms with E-state index in [0.717, 1.165) is 84.9 Å².